The number of anilines is 1. The number of nitrogens with zero attached hydrogens (tertiary/aromatic N) is 2. The van der Waals surface area contributed by atoms with Crippen LogP contribution in [0.2, 0.25) is 0 Å². The third-order valence-electron chi connectivity index (χ3n) is 4.21. The van der Waals surface area contributed by atoms with Crippen molar-refractivity contribution in [1.82, 2.24) is 5.32 Å². The zero-order valence-corrected chi connectivity index (χ0v) is 13.1. The molecule has 0 atom stereocenters. The minimum absolute atomic E-state index is 0.0526. The number of piperidine rings is 1. The normalized spacial score (nSPS) is 16.1. The average molecular weight is 345 g/mol. The molecule has 0 spiro atoms. The van der Waals surface area contributed by atoms with Crippen LogP contribution in [0.5, 0.6) is 0 Å². The molecule has 0 bridgehead atoms. The quantitative estimate of drug-likeness (QED) is 0.672. The van der Waals surface area contributed by atoms with Crippen molar-refractivity contribution < 1.29 is 22.9 Å². The topological polar surface area (TPSA) is 75.5 Å². The lowest BCUT2D eigenvalue weighted by molar-refractivity contribution is -0.388. The molecule has 0 radical (unpaired) electrons. The van der Waals surface area contributed by atoms with Crippen molar-refractivity contribution in [3.05, 3.63) is 33.9 Å². The van der Waals surface area contributed by atoms with Crippen molar-refractivity contribution in [2.45, 2.75) is 25.4 Å². The predicted molar refractivity (Wildman–Crippen MR) is 81.7 cm³/mol. The maximum Gasteiger partial charge on any atom is 0.423 e. The molecule has 0 aromatic heterocycles. The molecule has 1 fully saturated rings. The van der Waals surface area contributed by atoms with E-state index in [9.17, 15) is 28.1 Å². The van der Waals surface area contributed by atoms with Gasteiger partial charge in [0.2, 0.25) is 5.91 Å². The van der Waals surface area contributed by atoms with Crippen molar-refractivity contribution >= 4 is 17.3 Å². The van der Waals surface area contributed by atoms with Gasteiger partial charge in [0.1, 0.15) is 5.56 Å². The van der Waals surface area contributed by atoms with Crippen LogP contribution in [0.3, 0.4) is 0 Å². The lowest BCUT2D eigenvalue weighted by Gasteiger charge is -2.33. The van der Waals surface area contributed by atoms with Gasteiger partial charge in [0, 0.05) is 38.3 Å². The molecular formula is C15H18F3N3O3. The van der Waals surface area contributed by atoms with Gasteiger partial charge in [-0.05, 0) is 30.9 Å². The number of hydrogen-bond donors (Lipinski definition) is 1. The van der Waals surface area contributed by atoms with Crippen LogP contribution < -0.4 is 10.2 Å². The summed E-state index contributed by atoms with van der Waals surface area (Å²) < 4.78 is 39.1. The summed E-state index contributed by atoms with van der Waals surface area (Å²) in [4.78, 5) is 22.9. The van der Waals surface area contributed by atoms with E-state index in [-0.39, 0.29) is 11.8 Å². The fraction of sp³-hybridized carbons (Fsp3) is 0.533. The second-order valence-electron chi connectivity index (χ2n) is 5.76. The van der Waals surface area contributed by atoms with Crippen molar-refractivity contribution in [2.75, 3.05) is 25.0 Å². The summed E-state index contributed by atoms with van der Waals surface area (Å²) in [5, 5.41) is 13.3. The highest BCUT2D eigenvalue weighted by atomic mass is 19.4. The summed E-state index contributed by atoms with van der Waals surface area (Å²) in [7, 11) is 1.56. The smallest absolute Gasteiger partial charge is 0.371 e. The molecule has 1 aliphatic heterocycles. The second kappa shape index (κ2) is 7.06. The summed E-state index contributed by atoms with van der Waals surface area (Å²) in [6.45, 7) is 1.02. The Morgan fingerprint density at radius 2 is 2.00 bits per heavy atom. The van der Waals surface area contributed by atoms with Crippen molar-refractivity contribution in [3.8, 4) is 0 Å². The Balaban J connectivity index is 2.14. The summed E-state index contributed by atoms with van der Waals surface area (Å²) in [6, 6.07) is 3.07. The van der Waals surface area contributed by atoms with E-state index in [4.69, 9.17) is 0 Å². The number of benzene rings is 1. The van der Waals surface area contributed by atoms with E-state index in [2.05, 4.69) is 5.32 Å². The Hall–Kier alpha value is -2.32. The van der Waals surface area contributed by atoms with Crippen molar-refractivity contribution in [2.24, 2.45) is 5.92 Å². The van der Waals surface area contributed by atoms with Crippen LogP contribution in [0.1, 0.15) is 24.8 Å². The van der Waals surface area contributed by atoms with Crippen LogP contribution in [0, 0.1) is 16.0 Å². The molecule has 1 aromatic carbocycles. The standard InChI is InChI=1S/C15H18F3N3O3/c1-19-14(22)8-10-4-6-20(7-5-10)11-2-3-13(21(23)24)12(9-11)15(16,17)18/h2-3,9-10H,4-8H2,1H3,(H,19,22). The first-order valence-corrected chi connectivity index (χ1v) is 7.53. The minimum Gasteiger partial charge on any atom is -0.371 e. The molecule has 0 saturated carbocycles. The number of rotatable bonds is 4. The molecule has 132 valence electrons. The minimum atomic E-state index is -4.78. The summed E-state index contributed by atoms with van der Waals surface area (Å²) in [5.74, 6) is 0.143. The molecule has 1 N–H and O–H groups in total. The van der Waals surface area contributed by atoms with Crippen LogP contribution >= 0.6 is 0 Å². The van der Waals surface area contributed by atoms with Gasteiger partial charge in [-0.3, -0.25) is 14.9 Å². The monoisotopic (exact) mass is 345 g/mol. The molecule has 24 heavy (non-hydrogen) atoms. The van der Waals surface area contributed by atoms with Gasteiger partial charge in [0.25, 0.3) is 5.69 Å². The molecule has 2 rings (SSSR count). The highest BCUT2D eigenvalue weighted by molar-refractivity contribution is 5.75. The molecule has 9 heteroatoms. The SMILES string of the molecule is CNC(=O)CC1CCN(c2ccc([N+](=O)[O-])c(C(F)(F)F)c2)CC1. The van der Waals surface area contributed by atoms with Gasteiger partial charge in [0.15, 0.2) is 0 Å². The number of nitro benzene ring substituents is 1. The van der Waals surface area contributed by atoms with Gasteiger partial charge >= 0.3 is 6.18 Å². The van der Waals surface area contributed by atoms with Crippen LogP contribution in [-0.2, 0) is 11.0 Å². The highest BCUT2D eigenvalue weighted by Gasteiger charge is 2.39. The molecule has 0 unspecified atom stereocenters. The lowest BCUT2D eigenvalue weighted by Crippen LogP contribution is -2.35. The van der Waals surface area contributed by atoms with E-state index in [0.29, 0.717) is 38.0 Å². The fourth-order valence-corrected chi connectivity index (χ4v) is 2.87. The van der Waals surface area contributed by atoms with Crippen molar-refractivity contribution in [1.29, 1.82) is 0 Å². The molecule has 1 aromatic rings. The fourth-order valence-electron chi connectivity index (χ4n) is 2.87. The zero-order valence-electron chi connectivity index (χ0n) is 13.1. The zero-order chi connectivity index (χ0) is 17.9. The maximum atomic E-state index is 13.0. The van der Waals surface area contributed by atoms with Gasteiger partial charge in [-0.2, -0.15) is 13.2 Å². The Morgan fingerprint density at radius 3 is 2.50 bits per heavy atom. The van der Waals surface area contributed by atoms with E-state index in [1.54, 1.807) is 11.9 Å². The van der Waals surface area contributed by atoms with Gasteiger partial charge in [-0.15, -0.1) is 0 Å². The molecule has 0 aliphatic carbocycles. The van der Waals surface area contributed by atoms with Crippen LogP contribution in [0.15, 0.2) is 18.2 Å². The predicted octanol–water partition coefficient (Wildman–Crippen LogP) is 2.97. The number of alkyl halides is 3. The molecule has 1 saturated heterocycles. The lowest BCUT2D eigenvalue weighted by atomic mass is 9.93. The molecule has 6 nitrogen and oxygen atoms in total. The third kappa shape index (κ3) is 4.15. The Labute approximate surface area is 136 Å². The maximum absolute atomic E-state index is 13.0. The second-order valence-corrected chi connectivity index (χ2v) is 5.76. The molecule has 1 heterocycles. The van der Waals surface area contributed by atoms with E-state index >= 15 is 0 Å². The van der Waals surface area contributed by atoms with Crippen LogP contribution in [0.25, 0.3) is 0 Å². The van der Waals surface area contributed by atoms with E-state index in [1.807, 2.05) is 0 Å². The van der Waals surface area contributed by atoms with Gasteiger partial charge in [-0.1, -0.05) is 0 Å². The number of amides is 1. The van der Waals surface area contributed by atoms with Gasteiger partial charge in [-0.25, -0.2) is 0 Å². The number of nitrogens with one attached hydrogen (secondary N) is 1. The third-order valence-corrected chi connectivity index (χ3v) is 4.21. The highest BCUT2D eigenvalue weighted by Crippen LogP contribution is 2.39. The van der Waals surface area contributed by atoms with E-state index in [0.717, 1.165) is 12.1 Å². The molecular weight excluding hydrogens is 327 g/mol. The first-order valence-electron chi connectivity index (χ1n) is 7.53. The van der Waals surface area contributed by atoms with E-state index < -0.39 is 22.4 Å². The number of hydrogen-bond acceptors (Lipinski definition) is 4. The van der Waals surface area contributed by atoms with E-state index in [1.165, 1.54) is 6.07 Å². The van der Waals surface area contributed by atoms with Gasteiger partial charge < -0.3 is 10.2 Å². The first kappa shape index (κ1) is 18.0. The average Bonchev–Trinajstić information content (AvgIpc) is 2.54. The number of nitro groups is 1. The summed E-state index contributed by atoms with van der Waals surface area (Å²) in [6.07, 6.45) is -3.01. The van der Waals surface area contributed by atoms with Gasteiger partial charge in [0.05, 0.1) is 4.92 Å². The summed E-state index contributed by atoms with van der Waals surface area (Å²) >= 11 is 0. The Kier molecular flexibility index (Phi) is 5.30. The summed E-state index contributed by atoms with van der Waals surface area (Å²) in [5.41, 5.74) is -1.87. The molecule has 1 aliphatic rings. The number of halogens is 3. The van der Waals surface area contributed by atoms with Crippen molar-refractivity contribution in [3.63, 3.8) is 0 Å². The first-order chi connectivity index (χ1) is 11.2. The van der Waals surface area contributed by atoms with Crippen LogP contribution in [0.4, 0.5) is 24.5 Å². The Morgan fingerprint density at radius 1 is 1.38 bits per heavy atom. The van der Waals surface area contributed by atoms with Crippen LogP contribution in [-0.4, -0.2) is 31.0 Å². The number of carbonyl (C=O) groups excluding carboxylic acids is 1. The number of carbonyl (C=O) groups is 1. The molecule has 1 amide bonds. The largest absolute Gasteiger partial charge is 0.423 e. The Bertz CT molecular complexity index is 626.